The first-order valence-corrected chi connectivity index (χ1v) is 7.32. The van der Waals surface area contributed by atoms with E-state index >= 15 is 0 Å². The molecule has 1 rings (SSSR count). The molecule has 0 unspecified atom stereocenters. The van der Waals surface area contributed by atoms with Crippen LogP contribution < -0.4 is 10.1 Å². The van der Waals surface area contributed by atoms with Crippen LogP contribution >= 0.6 is 11.6 Å². The van der Waals surface area contributed by atoms with Crippen LogP contribution in [0.5, 0.6) is 5.75 Å². The van der Waals surface area contributed by atoms with Gasteiger partial charge in [0.1, 0.15) is 5.75 Å². The minimum Gasteiger partial charge on any atom is -0.483 e. The molecule has 0 bridgehead atoms. The van der Waals surface area contributed by atoms with Crippen molar-refractivity contribution >= 4 is 17.5 Å². The van der Waals surface area contributed by atoms with E-state index in [1.165, 1.54) is 0 Å². The average Bonchev–Trinajstić information content (AvgIpc) is 2.46. The lowest BCUT2D eigenvalue weighted by Gasteiger charge is -2.17. The van der Waals surface area contributed by atoms with Crippen molar-refractivity contribution in [2.24, 2.45) is 0 Å². The van der Waals surface area contributed by atoms with Crippen LogP contribution in [0.4, 0.5) is 0 Å². The molecule has 0 aliphatic carbocycles. The highest BCUT2D eigenvalue weighted by molar-refractivity contribution is 6.31. The van der Waals surface area contributed by atoms with Gasteiger partial charge in [0.15, 0.2) is 6.61 Å². The molecule has 0 heterocycles. The molecule has 0 fully saturated rings. The zero-order valence-electron chi connectivity index (χ0n) is 12.4. The molecule has 4 nitrogen and oxygen atoms in total. The van der Waals surface area contributed by atoms with Gasteiger partial charge in [-0.15, -0.1) is 0 Å². The van der Waals surface area contributed by atoms with Crippen LogP contribution in [0.3, 0.4) is 0 Å². The minimum absolute atomic E-state index is 0.0332. The minimum atomic E-state index is -0.0417. The van der Waals surface area contributed by atoms with E-state index in [4.69, 9.17) is 16.3 Å². The summed E-state index contributed by atoms with van der Waals surface area (Å²) in [5.74, 6) is 0.624. The molecule has 1 N–H and O–H groups in total. The van der Waals surface area contributed by atoms with Crippen molar-refractivity contribution in [3.05, 3.63) is 28.8 Å². The van der Waals surface area contributed by atoms with E-state index in [1.54, 1.807) is 11.9 Å². The molecule has 1 amide bonds. The molecular formula is C15H23ClN2O2. The summed E-state index contributed by atoms with van der Waals surface area (Å²) in [6, 6.07) is 5.50. The Morgan fingerprint density at radius 3 is 2.80 bits per heavy atom. The van der Waals surface area contributed by atoms with Gasteiger partial charge in [0.2, 0.25) is 0 Å². The zero-order valence-corrected chi connectivity index (χ0v) is 13.2. The summed E-state index contributed by atoms with van der Waals surface area (Å²) in [6.45, 7) is 6.30. The number of amides is 1. The second kappa shape index (κ2) is 8.82. The standard InChI is InChI=1S/C15H23ClN2O2/c1-4-9-17-10-12-13(16)7-6-8-14(12)20-11-15(19)18(3)5-2/h6-8,17H,4-5,9-11H2,1-3H3. The maximum atomic E-state index is 11.8. The van der Waals surface area contributed by atoms with Crippen molar-refractivity contribution < 1.29 is 9.53 Å². The number of likely N-dealkylation sites (N-methyl/N-ethyl adjacent to an activating group) is 1. The topological polar surface area (TPSA) is 41.6 Å². The van der Waals surface area contributed by atoms with Crippen LogP contribution in [0.2, 0.25) is 5.02 Å². The van der Waals surface area contributed by atoms with Gasteiger partial charge in [-0.3, -0.25) is 4.79 Å². The normalized spacial score (nSPS) is 10.4. The van der Waals surface area contributed by atoms with Crippen LogP contribution in [-0.4, -0.2) is 37.6 Å². The van der Waals surface area contributed by atoms with Gasteiger partial charge in [-0.05, 0) is 32.0 Å². The number of rotatable bonds is 8. The van der Waals surface area contributed by atoms with Gasteiger partial charge in [0.05, 0.1) is 0 Å². The molecule has 20 heavy (non-hydrogen) atoms. The fourth-order valence-electron chi connectivity index (χ4n) is 1.66. The Balaban J connectivity index is 2.69. The van der Waals surface area contributed by atoms with Crippen LogP contribution in [0.1, 0.15) is 25.8 Å². The molecule has 0 atom stereocenters. The van der Waals surface area contributed by atoms with Crippen molar-refractivity contribution in [3.8, 4) is 5.75 Å². The summed E-state index contributed by atoms with van der Waals surface area (Å²) < 4.78 is 5.62. The molecule has 1 aromatic rings. The Kier molecular flexibility index (Phi) is 7.41. The Hall–Kier alpha value is -1.26. The molecule has 0 spiro atoms. The number of nitrogens with one attached hydrogen (secondary N) is 1. The van der Waals surface area contributed by atoms with Gasteiger partial charge in [-0.1, -0.05) is 24.6 Å². The zero-order chi connectivity index (χ0) is 15.0. The number of benzene rings is 1. The summed E-state index contributed by atoms with van der Waals surface area (Å²) in [7, 11) is 1.76. The Morgan fingerprint density at radius 2 is 2.15 bits per heavy atom. The molecule has 1 aromatic carbocycles. The van der Waals surface area contributed by atoms with E-state index in [0.29, 0.717) is 23.9 Å². The molecule has 0 aromatic heterocycles. The van der Waals surface area contributed by atoms with Gasteiger partial charge in [0.25, 0.3) is 5.91 Å². The number of ether oxygens (including phenoxy) is 1. The maximum absolute atomic E-state index is 11.8. The Bertz CT molecular complexity index is 438. The first kappa shape index (κ1) is 16.8. The van der Waals surface area contributed by atoms with E-state index in [-0.39, 0.29) is 12.5 Å². The van der Waals surface area contributed by atoms with E-state index in [2.05, 4.69) is 12.2 Å². The number of halogens is 1. The molecule has 5 heteroatoms. The van der Waals surface area contributed by atoms with Crippen LogP contribution in [-0.2, 0) is 11.3 Å². The summed E-state index contributed by atoms with van der Waals surface area (Å²) >= 11 is 6.20. The van der Waals surface area contributed by atoms with E-state index in [0.717, 1.165) is 18.5 Å². The quantitative estimate of drug-likeness (QED) is 0.750. The third kappa shape index (κ3) is 5.02. The number of nitrogens with zero attached hydrogens (tertiary/aromatic N) is 1. The molecular weight excluding hydrogens is 276 g/mol. The fraction of sp³-hybridized carbons (Fsp3) is 0.533. The SMILES string of the molecule is CCCNCc1c(Cl)cccc1OCC(=O)N(C)CC. The lowest BCUT2D eigenvalue weighted by Crippen LogP contribution is -2.31. The van der Waals surface area contributed by atoms with Gasteiger partial charge in [-0.2, -0.15) is 0 Å². The monoisotopic (exact) mass is 298 g/mol. The highest BCUT2D eigenvalue weighted by Crippen LogP contribution is 2.26. The summed E-state index contributed by atoms with van der Waals surface area (Å²) in [5, 5.41) is 3.95. The van der Waals surface area contributed by atoms with Crippen LogP contribution in [0, 0.1) is 0 Å². The highest BCUT2D eigenvalue weighted by Gasteiger charge is 2.11. The van der Waals surface area contributed by atoms with E-state index in [1.807, 2.05) is 25.1 Å². The molecule has 0 saturated carbocycles. The fourth-order valence-corrected chi connectivity index (χ4v) is 1.89. The van der Waals surface area contributed by atoms with Crippen molar-refractivity contribution in [2.75, 3.05) is 26.7 Å². The van der Waals surface area contributed by atoms with Crippen LogP contribution in [0.15, 0.2) is 18.2 Å². The largest absolute Gasteiger partial charge is 0.483 e. The van der Waals surface area contributed by atoms with Crippen molar-refractivity contribution in [1.29, 1.82) is 0 Å². The predicted molar refractivity (Wildman–Crippen MR) is 82.3 cm³/mol. The molecule has 0 aliphatic rings. The highest BCUT2D eigenvalue weighted by atomic mass is 35.5. The number of hydrogen-bond donors (Lipinski definition) is 1. The number of carbonyl (C=O) groups is 1. The first-order chi connectivity index (χ1) is 9.60. The summed E-state index contributed by atoms with van der Waals surface area (Å²) in [4.78, 5) is 13.4. The Labute approximate surface area is 126 Å². The molecule has 0 aliphatic heterocycles. The lowest BCUT2D eigenvalue weighted by molar-refractivity contribution is -0.131. The lowest BCUT2D eigenvalue weighted by atomic mass is 10.2. The second-order valence-corrected chi connectivity index (χ2v) is 5.00. The van der Waals surface area contributed by atoms with Crippen molar-refractivity contribution in [2.45, 2.75) is 26.8 Å². The van der Waals surface area contributed by atoms with Gasteiger partial charge >= 0.3 is 0 Å². The summed E-state index contributed by atoms with van der Waals surface area (Å²) in [5.41, 5.74) is 0.898. The molecule has 0 radical (unpaired) electrons. The molecule has 112 valence electrons. The van der Waals surface area contributed by atoms with Crippen molar-refractivity contribution in [1.82, 2.24) is 10.2 Å². The predicted octanol–water partition coefficient (Wildman–Crippen LogP) is 2.70. The third-order valence-electron chi connectivity index (χ3n) is 3.06. The van der Waals surface area contributed by atoms with E-state index < -0.39 is 0 Å². The van der Waals surface area contributed by atoms with Gasteiger partial charge in [-0.25, -0.2) is 0 Å². The first-order valence-electron chi connectivity index (χ1n) is 6.95. The van der Waals surface area contributed by atoms with Crippen molar-refractivity contribution in [3.63, 3.8) is 0 Å². The van der Waals surface area contributed by atoms with Gasteiger partial charge < -0.3 is 15.0 Å². The second-order valence-electron chi connectivity index (χ2n) is 4.59. The Morgan fingerprint density at radius 1 is 1.40 bits per heavy atom. The summed E-state index contributed by atoms with van der Waals surface area (Å²) in [6.07, 6.45) is 1.06. The smallest absolute Gasteiger partial charge is 0.260 e. The van der Waals surface area contributed by atoms with Gasteiger partial charge in [0, 0.05) is 30.7 Å². The van der Waals surface area contributed by atoms with E-state index in [9.17, 15) is 4.79 Å². The number of hydrogen-bond acceptors (Lipinski definition) is 3. The van der Waals surface area contributed by atoms with Crippen LogP contribution in [0.25, 0.3) is 0 Å². The average molecular weight is 299 g/mol. The molecule has 0 saturated heterocycles. The number of carbonyl (C=O) groups excluding carboxylic acids is 1. The third-order valence-corrected chi connectivity index (χ3v) is 3.41. The maximum Gasteiger partial charge on any atom is 0.260 e.